The lowest BCUT2D eigenvalue weighted by atomic mass is 9.93. The zero-order valence-corrected chi connectivity index (χ0v) is 29.7. The van der Waals surface area contributed by atoms with Crippen LogP contribution in [0.25, 0.3) is 22.3 Å². The number of unbranched alkanes of at least 4 members (excludes halogenated alkanes) is 3. The highest BCUT2D eigenvalue weighted by molar-refractivity contribution is 8.00. The summed E-state index contributed by atoms with van der Waals surface area (Å²) in [6.07, 6.45) is 7.12. The van der Waals surface area contributed by atoms with Crippen LogP contribution >= 0.6 is 11.8 Å². The maximum Gasteiger partial charge on any atom is 0.315 e. The van der Waals surface area contributed by atoms with E-state index in [0.29, 0.717) is 44.1 Å². The van der Waals surface area contributed by atoms with Gasteiger partial charge in [-0.1, -0.05) is 6.42 Å². The maximum absolute atomic E-state index is 12.9. The number of aryl methyl sites for hydroxylation is 3. The van der Waals surface area contributed by atoms with Crippen molar-refractivity contribution in [3.05, 3.63) is 46.3 Å². The van der Waals surface area contributed by atoms with Crippen LogP contribution in [0.5, 0.6) is 0 Å². The molecule has 0 saturated carbocycles. The number of nitrogens with one attached hydrogen (secondary N) is 5. The van der Waals surface area contributed by atoms with Crippen molar-refractivity contribution in [2.75, 3.05) is 37.2 Å². The zero-order chi connectivity index (χ0) is 34.0. The van der Waals surface area contributed by atoms with E-state index in [1.54, 1.807) is 0 Å². The highest BCUT2D eigenvalue weighted by Gasteiger charge is 2.42. The Bertz CT molecular complexity index is 1640. The van der Waals surface area contributed by atoms with E-state index in [1.807, 2.05) is 24.8 Å². The van der Waals surface area contributed by atoms with Crippen molar-refractivity contribution in [1.82, 2.24) is 21.3 Å². The number of thioether (sulfide) groups is 1. The van der Waals surface area contributed by atoms with Gasteiger partial charge in [0.2, 0.25) is 11.8 Å². The molecule has 1 aliphatic carbocycles. The van der Waals surface area contributed by atoms with Gasteiger partial charge in [0.05, 0.1) is 17.4 Å². The van der Waals surface area contributed by atoms with E-state index < -0.39 is 0 Å². The summed E-state index contributed by atoms with van der Waals surface area (Å²) in [5, 5.41) is 18.0. The third-order valence-electron chi connectivity index (χ3n) is 9.37. The predicted molar refractivity (Wildman–Crippen MR) is 195 cm³/mol. The first-order chi connectivity index (χ1) is 23.3. The molecule has 4 aliphatic rings. The molecule has 5 rings (SSSR count). The smallest absolute Gasteiger partial charge is 0.315 e. The van der Waals surface area contributed by atoms with Crippen molar-refractivity contribution in [3.8, 4) is 11.3 Å². The lowest BCUT2D eigenvalue weighted by molar-refractivity contribution is -0.121. The fourth-order valence-electron chi connectivity index (χ4n) is 6.83. The number of rotatable bonds is 17. The zero-order valence-electron chi connectivity index (χ0n) is 28.9. The van der Waals surface area contributed by atoms with Crippen LogP contribution in [0, 0.1) is 13.8 Å². The Morgan fingerprint density at radius 1 is 0.938 bits per heavy atom. The summed E-state index contributed by atoms with van der Waals surface area (Å²) in [6, 6.07) is 8.82. The molecule has 260 valence electrons. The number of hydrogen-bond acceptors (Lipinski definition) is 7. The van der Waals surface area contributed by atoms with Crippen LogP contribution in [0.4, 0.5) is 10.5 Å². The summed E-state index contributed by atoms with van der Waals surface area (Å²) in [5.41, 5.74) is 6.25. The average molecular weight is 677 g/mol. The second-order valence-electron chi connectivity index (χ2n) is 13.0. The first-order valence-corrected chi connectivity index (χ1v) is 18.8. The molecular weight excluding hydrogens is 625 g/mol. The van der Waals surface area contributed by atoms with E-state index in [-0.39, 0.29) is 29.9 Å². The molecule has 3 unspecified atom stereocenters. The molecule has 1 aromatic carbocycles. The molecule has 2 saturated heterocycles. The van der Waals surface area contributed by atoms with Crippen molar-refractivity contribution in [2.45, 2.75) is 103 Å². The van der Waals surface area contributed by atoms with Gasteiger partial charge >= 0.3 is 6.03 Å². The van der Waals surface area contributed by atoms with Gasteiger partial charge in [0, 0.05) is 78.8 Å². The van der Waals surface area contributed by atoms with E-state index in [0.717, 1.165) is 101 Å². The minimum atomic E-state index is -0.0538. The minimum absolute atomic E-state index is 0.0406. The Balaban J connectivity index is 1.03. The van der Waals surface area contributed by atoms with Gasteiger partial charge in [-0.25, -0.2) is 4.79 Å². The Kier molecular flexibility index (Phi) is 12.7. The van der Waals surface area contributed by atoms with Crippen molar-refractivity contribution < 1.29 is 18.8 Å². The van der Waals surface area contributed by atoms with Gasteiger partial charge in [0.25, 0.3) is 0 Å². The highest BCUT2D eigenvalue weighted by atomic mass is 32.2. The van der Waals surface area contributed by atoms with Gasteiger partial charge < -0.3 is 31.0 Å². The molecule has 48 heavy (non-hydrogen) atoms. The van der Waals surface area contributed by atoms with Gasteiger partial charge in [0.15, 0.2) is 0 Å². The monoisotopic (exact) mass is 676 g/mol. The number of anilines is 1. The van der Waals surface area contributed by atoms with Gasteiger partial charge in [0.1, 0.15) is 11.3 Å². The van der Waals surface area contributed by atoms with Crippen LogP contribution in [-0.2, 0) is 16.0 Å². The lowest BCUT2D eigenvalue weighted by Crippen LogP contribution is -2.36. The molecule has 4 amide bonds. The van der Waals surface area contributed by atoms with Crippen LogP contribution in [0.1, 0.15) is 81.9 Å². The minimum Gasteiger partial charge on any atom is -0.456 e. The molecule has 5 N–H and O–H groups in total. The van der Waals surface area contributed by atoms with Crippen molar-refractivity contribution in [1.29, 1.82) is 0 Å². The van der Waals surface area contributed by atoms with Crippen molar-refractivity contribution >= 4 is 46.3 Å². The maximum atomic E-state index is 12.9. The fourth-order valence-corrected chi connectivity index (χ4v) is 8.38. The van der Waals surface area contributed by atoms with E-state index in [2.05, 4.69) is 70.5 Å². The Morgan fingerprint density at radius 2 is 1.71 bits per heavy atom. The molecule has 11 heteroatoms. The Labute approximate surface area is 288 Å². The van der Waals surface area contributed by atoms with E-state index >= 15 is 0 Å². The van der Waals surface area contributed by atoms with Gasteiger partial charge in [-0.2, -0.15) is 11.8 Å². The lowest BCUT2D eigenvalue weighted by Gasteiger charge is -2.18. The molecule has 3 heterocycles. The summed E-state index contributed by atoms with van der Waals surface area (Å²) in [7, 11) is 0. The molecule has 0 aromatic heterocycles. The normalized spacial score (nSPS) is 19.0. The molecule has 2 fully saturated rings. The first kappa shape index (κ1) is 35.6. The van der Waals surface area contributed by atoms with Gasteiger partial charge in [-0.3, -0.25) is 14.6 Å². The number of urea groups is 1. The SMILES string of the molecule is CCN=c1cc2oc3cc(NCC)c(C)cc3c(CCC(=O)NCCCCCNC(=O)CCCCC3SCC4NC(=O)NC43)c-2cc1C. The highest BCUT2D eigenvalue weighted by Crippen LogP contribution is 2.37. The number of amides is 4. The number of carbonyl (C=O) groups is 3. The van der Waals surface area contributed by atoms with Gasteiger partial charge in [-0.15, -0.1) is 0 Å². The largest absolute Gasteiger partial charge is 0.456 e. The molecular formula is C37H52N6O4S. The van der Waals surface area contributed by atoms with E-state index in [9.17, 15) is 14.4 Å². The second kappa shape index (κ2) is 17.1. The Hall–Kier alpha value is -3.73. The van der Waals surface area contributed by atoms with E-state index in [1.165, 1.54) is 0 Å². The average Bonchev–Trinajstić information content (AvgIpc) is 3.61. The van der Waals surface area contributed by atoms with Crippen LogP contribution in [0.15, 0.2) is 33.7 Å². The third kappa shape index (κ3) is 9.03. The predicted octanol–water partition coefficient (Wildman–Crippen LogP) is 5.57. The standard InChI is InChI=1S/C37H52N6O4S/c1-5-38-28-20-31-26(18-23(28)3)25(27-19-24(4)29(39-6-2)21-32(27)47-31)14-15-35(45)41-17-11-7-10-16-40-34(44)13-9-8-12-33-36-30(22-48-33)42-37(46)43-36/h18-21,30,33,36,38H,5-17,22H2,1-4H3,(H,40,44)(H,41,45)(H2,42,43,46). The van der Waals surface area contributed by atoms with Crippen molar-refractivity contribution in [3.63, 3.8) is 0 Å². The van der Waals surface area contributed by atoms with Crippen LogP contribution in [0.2, 0.25) is 0 Å². The van der Waals surface area contributed by atoms with Crippen LogP contribution in [0.3, 0.4) is 0 Å². The molecule has 10 nitrogen and oxygen atoms in total. The number of benzene rings is 2. The number of fused-ring (bicyclic) bond motifs is 3. The fraction of sp³-hybridized carbons (Fsp3) is 0.568. The van der Waals surface area contributed by atoms with Gasteiger partial charge in [-0.05, 0) is 95.0 Å². The first-order valence-electron chi connectivity index (χ1n) is 17.7. The number of hydrogen-bond donors (Lipinski definition) is 5. The number of nitrogens with zero attached hydrogens (tertiary/aromatic N) is 1. The second-order valence-corrected chi connectivity index (χ2v) is 14.3. The topological polar surface area (TPSA) is 137 Å². The quantitative estimate of drug-likeness (QED) is 0.0721. The summed E-state index contributed by atoms with van der Waals surface area (Å²) in [4.78, 5) is 41.4. The summed E-state index contributed by atoms with van der Waals surface area (Å²) in [6.45, 7) is 11.1. The van der Waals surface area contributed by atoms with Crippen molar-refractivity contribution in [2.24, 2.45) is 4.99 Å². The van der Waals surface area contributed by atoms with E-state index in [4.69, 9.17) is 4.42 Å². The summed E-state index contributed by atoms with van der Waals surface area (Å²) >= 11 is 1.91. The molecule has 0 spiro atoms. The molecule has 0 bridgehead atoms. The summed E-state index contributed by atoms with van der Waals surface area (Å²) in [5.74, 6) is 1.89. The Morgan fingerprint density at radius 3 is 2.46 bits per heavy atom. The third-order valence-corrected chi connectivity index (χ3v) is 10.9. The molecule has 3 atom stereocenters. The number of carbonyl (C=O) groups excluding carboxylic acids is 3. The molecule has 1 aromatic rings. The molecule has 3 aliphatic heterocycles. The summed E-state index contributed by atoms with van der Waals surface area (Å²) < 4.78 is 6.42. The molecule has 0 radical (unpaired) electrons. The van der Waals surface area contributed by atoms with Crippen LogP contribution in [-0.4, -0.2) is 67.1 Å². The van der Waals surface area contributed by atoms with Crippen LogP contribution < -0.4 is 31.9 Å².